The van der Waals surface area contributed by atoms with Gasteiger partial charge in [0.25, 0.3) is 5.91 Å². The van der Waals surface area contributed by atoms with Crippen LogP contribution >= 0.6 is 0 Å². The van der Waals surface area contributed by atoms with Crippen LogP contribution in [-0.4, -0.2) is 156 Å². The normalized spacial score (nSPS) is 18.5. The molecule has 5 fully saturated rings. The van der Waals surface area contributed by atoms with Gasteiger partial charge in [-0.15, -0.1) is 0 Å². The highest BCUT2D eigenvalue weighted by Crippen LogP contribution is 2.40. The third-order valence-electron chi connectivity index (χ3n) is 23.8. The van der Waals surface area contributed by atoms with Gasteiger partial charge in [0.05, 0.1) is 6.26 Å². The zero-order valence-electron chi connectivity index (χ0n) is 62.4. The lowest BCUT2D eigenvalue weighted by Gasteiger charge is -2.41. The molecule has 558 valence electrons. The molecular formula is C87H125N11O4S. The Bertz CT molecular complexity index is 3580. The fraction of sp³-hybridized carbons (Fsp3) is 0.494. The number of primary amides is 1. The first-order chi connectivity index (χ1) is 49.9. The zero-order chi connectivity index (χ0) is 73.3. The van der Waals surface area contributed by atoms with Gasteiger partial charge in [-0.25, -0.2) is 17.5 Å². The molecule has 0 spiro atoms. The second kappa shape index (κ2) is 41.6. The molecule has 0 atom stereocenters. The van der Waals surface area contributed by atoms with Crippen LogP contribution in [0.5, 0.6) is 0 Å². The van der Waals surface area contributed by atoms with Crippen LogP contribution < -0.4 is 34.4 Å². The molecule has 12 rings (SSSR count). The van der Waals surface area contributed by atoms with Gasteiger partial charge in [0.2, 0.25) is 10.0 Å². The molecule has 5 saturated heterocycles. The Labute approximate surface area is 619 Å². The fourth-order valence-electron chi connectivity index (χ4n) is 15.6. The van der Waals surface area contributed by atoms with Gasteiger partial charge in [-0.2, -0.15) is 0 Å². The number of nitrogens with zero attached hydrogens (tertiary/aromatic N) is 5. The number of likely N-dealkylation sites (tertiary alicyclic amines) is 4. The highest BCUT2D eigenvalue weighted by Gasteiger charge is 2.39. The minimum absolute atomic E-state index is 0.0943. The van der Waals surface area contributed by atoms with Gasteiger partial charge in [0, 0.05) is 51.4 Å². The summed E-state index contributed by atoms with van der Waals surface area (Å²) in [7, 11) is -0.853. The van der Waals surface area contributed by atoms with Crippen molar-refractivity contribution in [1.82, 2.24) is 23.9 Å². The third kappa shape index (κ3) is 26.5. The number of sulfonamides is 1. The molecule has 0 bridgehead atoms. The lowest BCUT2D eigenvalue weighted by molar-refractivity contribution is 0.0574. The van der Waals surface area contributed by atoms with E-state index in [0.717, 1.165) is 135 Å². The molecule has 5 aliphatic heterocycles. The van der Waals surface area contributed by atoms with E-state index in [1.54, 1.807) is 9.21 Å². The van der Waals surface area contributed by atoms with Crippen LogP contribution in [-0.2, 0) is 48.7 Å². The Balaban J connectivity index is 0.000000164. The van der Waals surface area contributed by atoms with Crippen molar-refractivity contribution in [3.8, 4) is 0 Å². The molecular weight excluding hydrogens is 1300 g/mol. The second-order valence-electron chi connectivity index (χ2n) is 30.7. The van der Waals surface area contributed by atoms with E-state index in [2.05, 4.69) is 187 Å². The summed E-state index contributed by atoms with van der Waals surface area (Å²) in [5.74, 6) is 0.143. The van der Waals surface area contributed by atoms with Gasteiger partial charge in [-0.1, -0.05) is 200 Å². The molecule has 0 aromatic heterocycles. The van der Waals surface area contributed by atoms with Crippen LogP contribution in [0.15, 0.2) is 212 Å². The van der Waals surface area contributed by atoms with Crippen molar-refractivity contribution < 1.29 is 18.0 Å². The van der Waals surface area contributed by atoms with Crippen molar-refractivity contribution in [2.24, 2.45) is 61.5 Å². The monoisotopic (exact) mass is 1420 g/mol. The lowest BCUT2D eigenvalue weighted by Crippen LogP contribution is -2.48. The van der Waals surface area contributed by atoms with Crippen molar-refractivity contribution in [3.05, 3.63) is 251 Å². The Hall–Kier alpha value is -7.09. The molecule has 5 heterocycles. The second-order valence-corrected chi connectivity index (χ2v) is 32.6. The molecule has 15 nitrogen and oxygen atoms in total. The average molecular weight is 1420 g/mol. The van der Waals surface area contributed by atoms with E-state index in [1.165, 1.54) is 111 Å². The van der Waals surface area contributed by atoms with Gasteiger partial charge in [0.15, 0.2) is 0 Å². The highest BCUT2D eigenvalue weighted by atomic mass is 32.2. The largest absolute Gasteiger partial charge is 0.351 e. The SMILES string of the molecule is CN1CCC(CN)(CCc2ccccc2)CC1.CS(=O)(=O)N1CCC(CN)(CCc2ccccc2)CC1.NCC1(CCc2ccccc2)CCN(C(=O)c2ccccc2)CC1.NCC1(CCc2ccccc2)CCN(C(N)=O)CC1.NCC1(CCc2ccccc2)CCN(Cc2ccccc2)CC1. The summed E-state index contributed by atoms with van der Waals surface area (Å²) in [6, 6.07) is 73.1. The molecule has 16 heteroatoms. The van der Waals surface area contributed by atoms with Crippen molar-refractivity contribution in [3.63, 3.8) is 0 Å². The third-order valence-corrected chi connectivity index (χ3v) is 25.1. The van der Waals surface area contributed by atoms with E-state index in [1.807, 2.05) is 47.4 Å². The van der Waals surface area contributed by atoms with E-state index in [-0.39, 0.29) is 28.2 Å². The van der Waals surface area contributed by atoms with E-state index < -0.39 is 10.0 Å². The standard InChI is InChI=1S/C21H26N2O.C21H28N2.C15H23N3O.C15H24N2O2S.C15H24N2/c22-17-21(12-11-18-7-3-1-4-8-18)13-15-23(16-14-21)20(24)19-9-5-2-6-10-19;22-18-21(12-11-19-7-3-1-4-8-19)13-15-23(16-14-21)17-20-9-5-2-6-10-20;16-12-15(7-6-13-4-2-1-3-5-13)8-10-18(11-9-15)14(17)19;1-20(18,19)17-11-9-15(13-16,10-12-17)8-7-14-5-3-2-4-6-14;1-17-11-9-15(13-16,10-12-17)8-7-14-5-3-2-4-6-14/h1-10H,11-17,22H2;1-10H,11-18,22H2;1-5H,6-12,16H2,(H2,17,19);2-6H,7-13,16H2,1H3;2-6H,7-13,16H2,1H3. The van der Waals surface area contributed by atoms with Crippen molar-refractivity contribution in [1.29, 1.82) is 0 Å². The smallest absolute Gasteiger partial charge is 0.314 e. The topological polar surface area (TPSA) is 241 Å². The predicted octanol–water partition coefficient (Wildman–Crippen LogP) is 13.0. The van der Waals surface area contributed by atoms with Gasteiger partial charge >= 0.3 is 6.03 Å². The van der Waals surface area contributed by atoms with E-state index in [0.29, 0.717) is 43.6 Å². The summed E-state index contributed by atoms with van der Waals surface area (Å²) in [4.78, 5) is 32.4. The van der Waals surface area contributed by atoms with Gasteiger partial charge in [0.1, 0.15) is 0 Å². The van der Waals surface area contributed by atoms with Gasteiger partial charge in [-0.05, 0) is 267 Å². The fourth-order valence-corrected chi connectivity index (χ4v) is 16.5. The Morgan fingerprint density at radius 2 is 0.583 bits per heavy atom. The summed E-state index contributed by atoms with van der Waals surface area (Å²) in [6.07, 6.45) is 23.0. The van der Waals surface area contributed by atoms with Crippen LogP contribution in [0.1, 0.15) is 140 Å². The Morgan fingerprint density at radius 1 is 0.340 bits per heavy atom. The number of hydrogen-bond donors (Lipinski definition) is 6. The van der Waals surface area contributed by atoms with Crippen LogP contribution in [0.2, 0.25) is 0 Å². The van der Waals surface area contributed by atoms with Gasteiger partial charge in [-0.3, -0.25) is 9.69 Å². The molecule has 7 aromatic rings. The van der Waals surface area contributed by atoms with Crippen molar-refractivity contribution in [2.45, 2.75) is 135 Å². The average Bonchev–Trinajstić information content (AvgIpc) is 0.836. The van der Waals surface area contributed by atoms with Crippen molar-refractivity contribution >= 4 is 22.0 Å². The number of nitrogens with two attached hydrogens (primary N) is 6. The summed E-state index contributed by atoms with van der Waals surface area (Å²) >= 11 is 0. The number of carbonyl (C=O) groups is 2. The molecule has 0 aliphatic carbocycles. The number of piperidine rings is 5. The molecule has 7 aromatic carbocycles. The lowest BCUT2D eigenvalue weighted by atomic mass is 9.74. The molecule has 12 N–H and O–H groups in total. The van der Waals surface area contributed by atoms with Crippen LogP contribution in [0.25, 0.3) is 0 Å². The van der Waals surface area contributed by atoms with Crippen LogP contribution in [0.4, 0.5) is 4.79 Å². The first-order valence-corrected chi connectivity index (χ1v) is 40.2. The Morgan fingerprint density at radius 3 is 0.854 bits per heavy atom. The molecule has 103 heavy (non-hydrogen) atoms. The molecule has 0 saturated carbocycles. The Kier molecular flexibility index (Phi) is 32.9. The molecule has 0 radical (unpaired) electrons. The maximum absolute atomic E-state index is 12.6. The summed E-state index contributed by atoms with van der Waals surface area (Å²) in [5.41, 5.74) is 45.9. The minimum atomic E-state index is -3.06. The predicted molar refractivity (Wildman–Crippen MR) is 427 cm³/mol. The molecule has 5 aliphatic rings. The van der Waals surface area contributed by atoms with E-state index in [9.17, 15) is 18.0 Å². The summed E-state index contributed by atoms with van der Waals surface area (Å²) < 4.78 is 24.7. The maximum atomic E-state index is 12.6. The highest BCUT2D eigenvalue weighted by molar-refractivity contribution is 7.88. The van der Waals surface area contributed by atoms with E-state index >= 15 is 0 Å². The summed E-state index contributed by atoms with van der Waals surface area (Å²) in [5, 5.41) is 0. The van der Waals surface area contributed by atoms with Crippen LogP contribution in [0, 0.1) is 27.1 Å². The number of urea groups is 1. The zero-order valence-corrected chi connectivity index (χ0v) is 63.2. The number of carbonyl (C=O) groups excluding carboxylic acids is 2. The van der Waals surface area contributed by atoms with Crippen molar-refractivity contribution in [2.75, 3.05) is 111 Å². The number of aryl methyl sites for hydroxylation is 5. The number of rotatable bonds is 24. The minimum Gasteiger partial charge on any atom is -0.351 e. The van der Waals surface area contributed by atoms with Gasteiger partial charge < -0.3 is 49.1 Å². The molecule has 3 amide bonds. The molecule has 0 unspecified atom stereocenters. The number of hydrogen-bond acceptors (Lipinski definition) is 11. The summed E-state index contributed by atoms with van der Waals surface area (Å²) in [6.45, 7) is 13.8. The first kappa shape index (κ1) is 81.6. The number of amides is 3. The number of benzene rings is 7. The maximum Gasteiger partial charge on any atom is 0.314 e. The van der Waals surface area contributed by atoms with Crippen LogP contribution in [0.3, 0.4) is 0 Å². The van der Waals surface area contributed by atoms with E-state index in [4.69, 9.17) is 34.4 Å². The first-order valence-electron chi connectivity index (χ1n) is 38.4. The quantitative estimate of drug-likeness (QED) is 0.0332.